The molecule has 0 aliphatic carbocycles. The van der Waals surface area contributed by atoms with Crippen LogP contribution in [-0.4, -0.2) is 47.8 Å². The van der Waals surface area contributed by atoms with Crippen LogP contribution in [0, 0.1) is 0 Å². The average Bonchev–Trinajstić information content (AvgIpc) is 3.00. The SMILES string of the molecule is CCOCCCNc1sc(S(C)(=O)=O)nc1S(=O)(=O)c1ccc(Cl)cc1. The Morgan fingerprint density at radius 2 is 1.85 bits per heavy atom. The zero-order valence-electron chi connectivity index (χ0n) is 14.2. The molecule has 144 valence electrons. The van der Waals surface area contributed by atoms with Crippen LogP contribution in [0.4, 0.5) is 5.00 Å². The van der Waals surface area contributed by atoms with Crippen molar-refractivity contribution in [1.29, 1.82) is 0 Å². The van der Waals surface area contributed by atoms with Gasteiger partial charge in [-0.05, 0) is 37.6 Å². The first-order valence-corrected chi connectivity index (χ1v) is 12.3. The molecule has 0 atom stereocenters. The number of aromatic nitrogens is 1. The Kier molecular flexibility index (Phi) is 7.03. The first kappa shape index (κ1) is 21.1. The quantitative estimate of drug-likeness (QED) is 0.600. The van der Waals surface area contributed by atoms with E-state index in [1.54, 1.807) is 0 Å². The van der Waals surface area contributed by atoms with E-state index in [9.17, 15) is 16.8 Å². The van der Waals surface area contributed by atoms with Crippen LogP contribution in [0.2, 0.25) is 5.02 Å². The Morgan fingerprint density at radius 3 is 2.42 bits per heavy atom. The highest BCUT2D eigenvalue weighted by Gasteiger charge is 2.29. The fourth-order valence-electron chi connectivity index (χ4n) is 1.99. The molecule has 1 aromatic carbocycles. The van der Waals surface area contributed by atoms with Gasteiger partial charge in [0.05, 0.1) is 4.90 Å². The van der Waals surface area contributed by atoms with E-state index >= 15 is 0 Å². The molecule has 11 heteroatoms. The summed E-state index contributed by atoms with van der Waals surface area (Å²) in [6.07, 6.45) is 1.63. The lowest BCUT2D eigenvalue weighted by molar-refractivity contribution is 0.147. The molecule has 0 fully saturated rings. The van der Waals surface area contributed by atoms with Crippen LogP contribution in [0.3, 0.4) is 0 Å². The third kappa shape index (κ3) is 5.17. The predicted octanol–water partition coefficient (Wildman–Crippen LogP) is 2.87. The number of ether oxygens (including phenoxy) is 1. The molecule has 1 heterocycles. The van der Waals surface area contributed by atoms with Crippen LogP contribution in [0.15, 0.2) is 38.5 Å². The monoisotopic (exact) mass is 438 g/mol. The van der Waals surface area contributed by atoms with Crippen molar-refractivity contribution in [2.24, 2.45) is 0 Å². The summed E-state index contributed by atoms with van der Waals surface area (Å²) in [7, 11) is -7.63. The van der Waals surface area contributed by atoms with Gasteiger partial charge in [0.25, 0.3) is 0 Å². The second kappa shape index (κ2) is 8.66. The van der Waals surface area contributed by atoms with Crippen molar-refractivity contribution >= 4 is 47.6 Å². The number of hydrogen-bond donors (Lipinski definition) is 1. The van der Waals surface area contributed by atoms with E-state index in [0.29, 0.717) is 31.2 Å². The Morgan fingerprint density at radius 1 is 1.19 bits per heavy atom. The van der Waals surface area contributed by atoms with Gasteiger partial charge in [-0.15, -0.1) is 0 Å². The van der Waals surface area contributed by atoms with Crippen LogP contribution < -0.4 is 5.32 Å². The second-order valence-corrected chi connectivity index (χ2v) is 10.8. The maximum Gasteiger partial charge on any atom is 0.226 e. The summed E-state index contributed by atoms with van der Waals surface area (Å²) >= 11 is 6.60. The number of benzene rings is 1. The third-order valence-corrected chi connectivity index (χ3v) is 8.00. The summed E-state index contributed by atoms with van der Waals surface area (Å²) < 4.78 is 54.4. The molecule has 2 aromatic rings. The lowest BCUT2D eigenvalue weighted by Gasteiger charge is -2.07. The van der Waals surface area contributed by atoms with Crippen molar-refractivity contribution in [3.8, 4) is 0 Å². The van der Waals surface area contributed by atoms with Crippen LogP contribution in [0.1, 0.15) is 13.3 Å². The van der Waals surface area contributed by atoms with Crippen molar-refractivity contribution in [1.82, 2.24) is 4.98 Å². The molecule has 1 N–H and O–H groups in total. The first-order chi connectivity index (χ1) is 12.2. The molecule has 0 aliphatic rings. The highest BCUT2D eigenvalue weighted by molar-refractivity contribution is 7.93. The van der Waals surface area contributed by atoms with Crippen molar-refractivity contribution in [3.05, 3.63) is 29.3 Å². The third-order valence-electron chi connectivity index (χ3n) is 3.23. The molecule has 7 nitrogen and oxygen atoms in total. The normalized spacial score (nSPS) is 12.3. The number of halogens is 1. The highest BCUT2D eigenvalue weighted by Crippen LogP contribution is 2.34. The minimum atomic E-state index is -3.99. The van der Waals surface area contributed by atoms with E-state index in [-0.39, 0.29) is 19.3 Å². The molecule has 0 unspecified atom stereocenters. The average molecular weight is 439 g/mol. The van der Waals surface area contributed by atoms with E-state index in [1.807, 2.05) is 6.92 Å². The molecule has 26 heavy (non-hydrogen) atoms. The molecule has 1 aromatic heterocycles. The zero-order valence-corrected chi connectivity index (χ0v) is 17.4. The van der Waals surface area contributed by atoms with E-state index in [0.717, 1.165) is 17.6 Å². The summed E-state index contributed by atoms with van der Waals surface area (Å²) in [5.74, 6) is 0. The smallest absolute Gasteiger partial charge is 0.226 e. The largest absolute Gasteiger partial charge is 0.382 e. The summed E-state index contributed by atoms with van der Waals surface area (Å²) in [5, 5.41) is 3.24. The maximum absolute atomic E-state index is 12.9. The zero-order chi connectivity index (χ0) is 19.4. The van der Waals surface area contributed by atoms with Gasteiger partial charge in [-0.25, -0.2) is 21.8 Å². The summed E-state index contributed by atoms with van der Waals surface area (Å²) in [6, 6.07) is 5.62. The Bertz CT molecular complexity index is 954. The second-order valence-electron chi connectivity index (χ2n) is 5.32. The molecule has 0 radical (unpaired) electrons. The minimum absolute atomic E-state index is 0.00961. The number of anilines is 1. The van der Waals surface area contributed by atoms with Gasteiger partial charge >= 0.3 is 0 Å². The van der Waals surface area contributed by atoms with Gasteiger partial charge in [-0.1, -0.05) is 22.9 Å². The Balaban J connectivity index is 2.38. The summed E-state index contributed by atoms with van der Waals surface area (Å²) in [4.78, 5) is 3.87. The molecule has 0 amide bonds. The molecule has 0 bridgehead atoms. The lowest BCUT2D eigenvalue weighted by atomic mass is 10.4. The Hall–Kier alpha value is -1.20. The fraction of sp³-hybridized carbons (Fsp3) is 0.400. The van der Waals surface area contributed by atoms with Crippen molar-refractivity contribution in [2.45, 2.75) is 27.6 Å². The number of nitrogens with one attached hydrogen (secondary N) is 1. The number of thiazole rings is 1. The Labute approximate surface area is 162 Å². The number of hydrogen-bond acceptors (Lipinski definition) is 8. The number of rotatable bonds is 9. The molecule has 0 aliphatic heterocycles. The van der Waals surface area contributed by atoms with Crippen molar-refractivity contribution in [3.63, 3.8) is 0 Å². The maximum atomic E-state index is 12.9. The van der Waals surface area contributed by atoms with Gasteiger partial charge in [0, 0.05) is 31.0 Å². The number of sulfone groups is 2. The first-order valence-electron chi connectivity index (χ1n) is 7.69. The minimum Gasteiger partial charge on any atom is -0.382 e. The lowest BCUT2D eigenvalue weighted by Crippen LogP contribution is -2.09. The summed E-state index contributed by atoms with van der Waals surface area (Å²) in [6.45, 7) is 3.41. The van der Waals surface area contributed by atoms with Crippen LogP contribution in [-0.2, 0) is 24.4 Å². The number of nitrogens with zero attached hydrogens (tertiary/aromatic N) is 1. The molecular formula is C15H19ClN2O5S3. The van der Waals surface area contributed by atoms with Crippen molar-refractivity contribution < 1.29 is 21.6 Å². The van der Waals surface area contributed by atoms with Gasteiger partial charge < -0.3 is 10.1 Å². The van der Waals surface area contributed by atoms with Gasteiger partial charge in [0.1, 0.15) is 5.00 Å². The van der Waals surface area contributed by atoms with Gasteiger partial charge in [-0.3, -0.25) is 0 Å². The van der Waals surface area contributed by atoms with Crippen LogP contribution in [0.25, 0.3) is 0 Å². The van der Waals surface area contributed by atoms with Gasteiger partial charge in [0.2, 0.25) is 24.0 Å². The van der Waals surface area contributed by atoms with E-state index in [4.69, 9.17) is 16.3 Å². The molecule has 0 saturated heterocycles. The van der Waals surface area contributed by atoms with Crippen molar-refractivity contribution in [2.75, 3.05) is 31.3 Å². The van der Waals surface area contributed by atoms with Crippen LogP contribution in [0.5, 0.6) is 0 Å². The van der Waals surface area contributed by atoms with Gasteiger partial charge in [0.15, 0.2) is 5.03 Å². The fourth-order valence-corrected chi connectivity index (χ4v) is 5.66. The molecule has 0 spiro atoms. The standard InChI is InChI=1S/C15H19ClN2O5S3/c1-3-23-10-4-9-17-13-14(18-15(24-13)25(2,19)20)26(21,22)12-7-5-11(16)6-8-12/h5-8,17H,3-4,9-10H2,1-2H3. The van der Waals surface area contributed by atoms with E-state index in [2.05, 4.69) is 10.3 Å². The molecule has 0 saturated carbocycles. The van der Waals surface area contributed by atoms with E-state index in [1.165, 1.54) is 24.3 Å². The van der Waals surface area contributed by atoms with Crippen LogP contribution >= 0.6 is 22.9 Å². The van der Waals surface area contributed by atoms with E-state index < -0.39 is 19.7 Å². The van der Waals surface area contributed by atoms with Gasteiger partial charge in [-0.2, -0.15) is 0 Å². The predicted molar refractivity (Wildman–Crippen MR) is 102 cm³/mol. The topological polar surface area (TPSA) is 102 Å². The molecular weight excluding hydrogens is 420 g/mol. The highest BCUT2D eigenvalue weighted by atomic mass is 35.5. The summed E-state index contributed by atoms with van der Waals surface area (Å²) in [5.41, 5.74) is 0. The molecule has 2 rings (SSSR count).